The Labute approximate surface area is 73.9 Å². The third-order valence-electron chi connectivity index (χ3n) is 3.82. The summed E-state index contributed by atoms with van der Waals surface area (Å²) in [6, 6.07) is 0.616. The van der Waals surface area contributed by atoms with E-state index in [0.717, 1.165) is 12.8 Å². The van der Waals surface area contributed by atoms with Crippen LogP contribution in [-0.2, 0) is 0 Å². The van der Waals surface area contributed by atoms with E-state index >= 15 is 0 Å². The number of hydrogen-bond donors (Lipinski definition) is 0. The van der Waals surface area contributed by atoms with Crippen molar-refractivity contribution in [3.05, 3.63) is 0 Å². The van der Waals surface area contributed by atoms with Crippen molar-refractivity contribution in [2.45, 2.75) is 57.3 Å². The van der Waals surface area contributed by atoms with Crippen molar-refractivity contribution in [2.24, 2.45) is 0 Å². The van der Waals surface area contributed by atoms with Gasteiger partial charge in [0.2, 0.25) is 0 Å². The third kappa shape index (κ3) is 1.00. The van der Waals surface area contributed by atoms with Crippen LogP contribution in [-0.4, -0.2) is 29.2 Å². The molecule has 0 amide bonds. The SMILES string of the molecule is CCC12CCC(C)N1C[C@@H](F)C2. The van der Waals surface area contributed by atoms with Crippen molar-refractivity contribution in [3.63, 3.8) is 0 Å². The zero-order chi connectivity index (χ0) is 8.77. The number of fused-ring (bicyclic) bond motifs is 1. The molecule has 0 aliphatic carbocycles. The van der Waals surface area contributed by atoms with E-state index < -0.39 is 6.17 Å². The largest absolute Gasteiger partial charge is 0.292 e. The van der Waals surface area contributed by atoms with Gasteiger partial charge in [-0.25, -0.2) is 4.39 Å². The molecule has 2 unspecified atom stereocenters. The summed E-state index contributed by atoms with van der Waals surface area (Å²) in [5.74, 6) is 0. The van der Waals surface area contributed by atoms with Crippen LogP contribution in [0.15, 0.2) is 0 Å². The Morgan fingerprint density at radius 3 is 2.92 bits per heavy atom. The lowest BCUT2D eigenvalue weighted by Crippen LogP contribution is -2.40. The maximum atomic E-state index is 13.2. The summed E-state index contributed by atoms with van der Waals surface area (Å²) in [6.45, 7) is 5.12. The van der Waals surface area contributed by atoms with Crippen LogP contribution >= 0.6 is 0 Å². The van der Waals surface area contributed by atoms with Crippen LogP contribution in [0, 0.1) is 0 Å². The molecule has 3 atom stereocenters. The quantitative estimate of drug-likeness (QED) is 0.585. The number of rotatable bonds is 1. The molecule has 0 bridgehead atoms. The van der Waals surface area contributed by atoms with Crippen molar-refractivity contribution < 1.29 is 4.39 Å². The molecule has 1 nitrogen and oxygen atoms in total. The Hall–Kier alpha value is -0.110. The number of hydrogen-bond acceptors (Lipinski definition) is 1. The van der Waals surface area contributed by atoms with Gasteiger partial charge in [-0.15, -0.1) is 0 Å². The van der Waals surface area contributed by atoms with Gasteiger partial charge in [0, 0.05) is 18.1 Å². The molecule has 0 radical (unpaired) electrons. The van der Waals surface area contributed by atoms with Crippen molar-refractivity contribution in [3.8, 4) is 0 Å². The summed E-state index contributed by atoms with van der Waals surface area (Å²) in [5.41, 5.74) is 0.249. The molecule has 2 fully saturated rings. The molecule has 2 heterocycles. The highest BCUT2D eigenvalue weighted by atomic mass is 19.1. The van der Waals surface area contributed by atoms with Gasteiger partial charge in [0.1, 0.15) is 6.17 Å². The number of nitrogens with zero attached hydrogens (tertiary/aromatic N) is 1. The highest BCUT2D eigenvalue weighted by Gasteiger charge is 2.50. The minimum absolute atomic E-state index is 0.249. The van der Waals surface area contributed by atoms with Crippen LogP contribution in [0.1, 0.15) is 39.5 Å². The van der Waals surface area contributed by atoms with E-state index in [1.54, 1.807) is 0 Å². The summed E-state index contributed by atoms with van der Waals surface area (Å²) in [4.78, 5) is 2.40. The van der Waals surface area contributed by atoms with Crippen molar-refractivity contribution in [1.82, 2.24) is 4.90 Å². The van der Waals surface area contributed by atoms with Gasteiger partial charge >= 0.3 is 0 Å². The van der Waals surface area contributed by atoms with Crippen molar-refractivity contribution in [2.75, 3.05) is 6.54 Å². The molecule has 0 saturated carbocycles. The van der Waals surface area contributed by atoms with Crippen LogP contribution in [0.25, 0.3) is 0 Å². The second-order valence-corrected chi connectivity index (χ2v) is 4.42. The lowest BCUT2D eigenvalue weighted by Gasteiger charge is -2.32. The molecular formula is C10H18FN. The highest BCUT2D eigenvalue weighted by molar-refractivity contribution is 5.05. The van der Waals surface area contributed by atoms with Crippen LogP contribution < -0.4 is 0 Å². The van der Waals surface area contributed by atoms with E-state index in [-0.39, 0.29) is 5.54 Å². The molecule has 0 aromatic rings. The van der Waals surface area contributed by atoms with E-state index in [9.17, 15) is 4.39 Å². The maximum Gasteiger partial charge on any atom is 0.115 e. The van der Waals surface area contributed by atoms with Gasteiger partial charge in [0.15, 0.2) is 0 Å². The normalized spacial score (nSPS) is 48.2. The summed E-state index contributed by atoms with van der Waals surface area (Å²) in [5, 5.41) is 0. The van der Waals surface area contributed by atoms with E-state index in [1.165, 1.54) is 12.8 Å². The Balaban J connectivity index is 2.19. The lowest BCUT2D eigenvalue weighted by atomic mass is 9.91. The summed E-state index contributed by atoms with van der Waals surface area (Å²) in [7, 11) is 0. The number of alkyl halides is 1. The van der Waals surface area contributed by atoms with Crippen LogP contribution in [0.2, 0.25) is 0 Å². The summed E-state index contributed by atoms with van der Waals surface area (Å²) >= 11 is 0. The molecule has 0 aromatic carbocycles. The molecule has 12 heavy (non-hydrogen) atoms. The zero-order valence-corrected chi connectivity index (χ0v) is 8.02. The van der Waals surface area contributed by atoms with Gasteiger partial charge in [-0.1, -0.05) is 6.92 Å². The first-order valence-corrected chi connectivity index (χ1v) is 5.09. The molecule has 70 valence electrons. The van der Waals surface area contributed by atoms with Crippen molar-refractivity contribution >= 4 is 0 Å². The third-order valence-corrected chi connectivity index (χ3v) is 3.82. The molecular weight excluding hydrogens is 153 g/mol. The van der Waals surface area contributed by atoms with Crippen molar-refractivity contribution in [1.29, 1.82) is 0 Å². The van der Waals surface area contributed by atoms with Gasteiger partial charge in [-0.3, -0.25) is 4.90 Å². The predicted octanol–water partition coefficient (Wildman–Crippen LogP) is 2.36. The van der Waals surface area contributed by atoms with Crippen LogP contribution in [0.5, 0.6) is 0 Å². The number of halogens is 1. The molecule has 2 saturated heterocycles. The Morgan fingerprint density at radius 1 is 1.58 bits per heavy atom. The second kappa shape index (κ2) is 2.69. The molecule has 2 rings (SSSR count). The topological polar surface area (TPSA) is 3.24 Å². The van der Waals surface area contributed by atoms with E-state index in [4.69, 9.17) is 0 Å². The molecule has 0 aromatic heterocycles. The Bertz CT molecular complexity index is 183. The Morgan fingerprint density at radius 2 is 2.33 bits per heavy atom. The molecule has 0 N–H and O–H groups in total. The first kappa shape index (κ1) is 8.49. The zero-order valence-electron chi connectivity index (χ0n) is 8.02. The lowest BCUT2D eigenvalue weighted by molar-refractivity contribution is 0.152. The minimum atomic E-state index is -0.562. The molecule has 2 heteroatoms. The summed E-state index contributed by atoms with van der Waals surface area (Å²) in [6.07, 6.45) is 3.82. The van der Waals surface area contributed by atoms with Crippen LogP contribution in [0.3, 0.4) is 0 Å². The van der Waals surface area contributed by atoms with E-state index in [2.05, 4.69) is 18.7 Å². The summed E-state index contributed by atoms with van der Waals surface area (Å²) < 4.78 is 13.2. The predicted molar refractivity (Wildman–Crippen MR) is 47.9 cm³/mol. The monoisotopic (exact) mass is 171 g/mol. The van der Waals surface area contributed by atoms with Gasteiger partial charge in [0.25, 0.3) is 0 Å². The van der Waals surface area contributed by atoms with E-state index in [1.807, 2.05) is 0 Å². The highest BCUT2D eigenvalue weighted by Crippen LogP contribution is 2.45. The fraction of sp³-hybridized carbons (Fsp3) is 1.00. The maximum absolute atomic E-state index is 13.2. The molecule has 2 aliphatic heterocycles. The second-order valence-electron chi connectivity index (χ2n) is 4.42. The first-order valence-electron chi connectivity index (χ1n) is 5.09. The average molecular weight is 171 g/mol. The average Bonchev–Trinajstić information content (AvgIpc) is 2.51. The Kier molecular flexibility index (Phi) is 1.90. The standard InChI is InChI=1S/C10H18FN/c1-3-10-5-4-8(2)12(10)7-9(11)6-10/h8-9H,3-7H2,1-2H3/t8?,9-,10?/m0/s1. The minimum Gasteiger partial charge on any atom is -0.292 e. The van der Waals surface area contributed by atoms with Crippen LogP contribution in [0.4, 0.5) is 4.39 Å². The first-order chi connectivity index (χ1) is 5.68. The smallest absolute Gasteiger partial charge is 0.115 e. The van der Waals surface area contributed by atoms with Gasteiger partial charge in [-0.05, 0) is 32.6 Å². The van der Waals surface area contributed by atoms with Gasteiger partial charge in [-0.2, -0.15) is 0 Å². The van der Waals surface area contributed by atoms with Gasteiger partial charge in [0.05, 0.1) is 0 Å². The molecule has 0 spiro atoms. The van der Waals surface area contributed by atoms with Gasteiger partial charge < -0.3 is 0 Å². The fourth-order valence-electron chi connectivity index (χ4n) is 3.05. The molecule has 2 aliphatic rings. The fourth-order valence-corrected chi connectivity index (χ4v) is 3.05. The van der Waals surface area contributed by atoms with E-state index in [0.29, 0.717) is 12.6 Å².